The van der Waals surface area contributed by atoms with E-state index in [0.29, 0.717) is 22.6 Å². The summed E-state index contributed by atoms with van der Waals surface area (Å²) >= 11 is 0. The first-order valence-corrected chi connectivity index (χ1v) is 5.60. The summed E-state index contributed by atoms with van der Waals surface area (Å²) in [6.45, 7) is 0. The minimum atomic E-state index is -0.334. The SMILES string of the molecule is COc1ccc(/C(C#N)=C\c2cccc(F)c2)cn1. The molecule has 0 aliphatic rings. The summed E-state index contributed by atoms with van der Waals surface area (Å²) in [5, 5.41) is 9.17. The number of allylic oxidation sites excluding steroid dienone is 1. The highest BCUT2D eigenvalue weighted by Gasteiger charge is 2.03. The van der Waals surface area contributed by atoms with Gasteiger partial charge in [0, 0.05) is 17.8 Å². The van der Waals surface area contributed by atoms with Crippen molar-refractivity contribution in [3.63, 3.8) is 0 Å². The van der Waals surface area contributed by atoms with E-state index < -0.39 is 0 Å². The molecular formula is C15H11FN2O. The summed E-state index contributed by atoms with van der Waals surface area (Å²) in [5.74, 6) is 0.144. The van der Waals surface area contributed by atoms with E-state index in [9.17, 15) is 4.39 Å². The number of hydrogen-bond acceptors (Lipinski definition) is 3. The van der Waals surface area contributed by atoms with Crippen LogP contribution in [0.15, 0.2) is 42.6 Å². The van der Waals surface area contributed by atoms with Crippen LogP contribution in [0.5, 0.6) is 5.88 Å². The molecule has 0 unspecified atom stereocenters. The average Bonchev–Trinajstić information content (AvgIpc) is 2.45. The van der Waals surface area contributed by atoms with Gasteiger partial charge in [0.1, 0.15) is 5.82 Å². The molecule has 0 fully saturated rings. The topological polar surface area (TPSA) is 45.9 Å². The first-order chi connectivity index (χ1) is 9.22. The lowest BCUT2D eigenvalue weighted by Gasteiger charge is -2.01. The van der Waals surface area contributed by atoms with Crippen LogP contribution in [0.4, 0.5) is 4.39 Å². The first kappa shape index (κ1) is 12.8. The number of methoxy groups -OCH3 is 1. The Kier molecular flexibility index (Phi) is 3.89. The molecular weight excluding hydrogens is 243 g/mol. The second-order valence-electron chi connectivity index (χ2n) is 3.81. The Bertz CT molecular complexity index is 642. The number of hydrogen-bond donors (Lipinski definition) is 0. The van der Waals surface area contributed by atoms with Crippen molar-refractivity contribution < 1.29 is 9.13 Å². The van der Waals surface area contributed by atoms with Gasteiger partial charge in [0.25, 0.3) is 0 Å². The van der Waals surface area contributed by atoms with Crippen molar-refractivity contribution in [1.29, 1.82) is 5.26 Å². The van der Waals surface area contributed by atoms with E-state index in [4.69, 9.17) is 10.00 Å². The van der Waals surface area contributed by atoms with E-state index in [2.05, 4.69) is 11.1 Å². The maximum absolute atomic E-state index is 13.1. The largest absolute Gasteiger partial charge is 0.481 e. The van der Waals surface area contributed by atoms with E-state index in [1.54, 1.807) is 36.5 Å². The molecule has 0 N–H and O–H groups in total. The Labute approximate surface area is 110 Å². The standard InChI is InChI=1S/C15H11FN2O/c1-19-15-6-5-12(10-18-15)13(9-17)7-11-3-2-4-14(16)8-11/h2-8,10H,1H3/b13-7-. The number of halogens is 1. The lowest BCUT2D eigenvalue weighted by Crippen LogP contribution is -1.89. The van der Waals surface area contributed by atoms with Gasteiger partial charge in [-0.2, -0.15) is 5.26 Å². The highest BCUT2D eigenvalue weighted by Crippen LogP contribution is 2.19. The monoisotopic (exact) mass is 254 g/mol. The van der Waals surface area contributed by atoms with Crippen LogP contribution in [-0.2, 0) is 0 Å². The summed E-state index contributed by atoms with van der Waals surface area (Å²) in [4.78, 5) is 4.04. The molecule has 19 heavy (non-hydrogen) atoms. The lowest BCUT2D eigenvalue weighted by molar-refractivity contribution is 0.398. The van der Waals surface area contributed by atoms with Gasteiger partial charge in [0.15, 0.2) is 0 Å². The maximum atomic E-state index is 13.1. The third-order valence-corrected chi connectivity index (χ3v) is 2.54. The van der Waals surface area contributed by atoms with Crippen LogP contribution in [-0.4, -0.2) is 12.1 Å². The second-order valence-corrected chi connectivity index (χ2v) is 3.81. The predicted molar refractivity (Wildman–Crippen MR) is 70.7 cm³/mol. The molecule has 0 aliphatic heterocycles. The van der Waals surface area contributed by atoms with Crippen LogP contribution in [0.1, 0.15) is 11.1 Å². The van der Waals surface area contributed by atoms with Crippen molar-refractivity contribution in [2.24, 2.45) is 0 Å². The van der Waals surface area contributed by atoms with Gasteiger partial charge in [-0.15, -0.1) is 0 Å². The molecule has 2 aromatic rings. The van der Waals surface area contributed by atoms with Crippen molar-refractivity contribution >= 4 is 11.6 Å². The molecule has 1 aromatic carbocycles. The number of rotatable bonds is 3. The molecule has 0 bridgehead atoms. The molecule has 0 radical (unpaired) electrons. The van der Waals surface area contributed by atoms with Gasteiger partial charge in [0.2, 0.25) is 5.88 Å². The van der Waals surface area contributed by atoms with E-state index in [0.717, 1.165) is 0 Å². The number of pyridine rings is 1. The zero-order valence-electron chi connectivity index (χ0n) is 10.3. The Morgan fingerprint density at radius 3 is 2.79 bits per heavy atom. The fourth-order valence-electron chi connectivity index (χ4n) is 1.60. The number of nitrogens with zero attached hydrogens (tertiary/aromatic N) is 2. The summed E-state index contributed by atoms with van der Waals surface area (Å²) < 4.78 is 18.0. The average molecular weight is 254 g/mol. The molecule has 4 heteroatoms. The zero-order valence-corrected chi connectivity index (χ0v) is 10.3. The van der Waals surface area contributed by atoms with Gasteiger partial charge in [0.05, 0.1) is 18.8 Å². The van der Waals surface area contributed by atoms with Gasteiger partial charge in [-0.3, -0.25) is 0 Å². The number of aromatic nitrogens is 1. The van der Waals surface area contributed by atoms with Crippen LogP contribution in [0.25, 0.3) is 11.6 Å². The van der Waals surface area contributed by atoms with E-state index in [-0.39, 0.29) is 5.82 Å². The predicted octanol–water partition coefficient (Wildman–Crippen LogP) is 3.29. The van der Waals surface area contributed by atoms with Gasteiger partial charge in [-0.05, 0) is 29.8 Å². The first-order valence-electron chi connectivity index (χ1n) is 5.60. The fraction of sp³-hybridized carbons (Fsp3) is 0.0667. The minimum Gasteiger partial charge on any atom is -0.481 e. The lowest BCUT2D eigenvalue weighted by atomic mass is 10.1. The summed E-state index contributed by atoms with van der Waals surface area (Å²) in [6, 6.07) is 11.6. The molecule has 1 heterocycles. The number of ether oxygens (including phenoxy) is 1. The molecule has 0 saturated heterocycles. The highest BCUT2D eigenvalue weighted by atomic mass is 19.1. The Hall–Kier alpha value is -2.67. The van der Waals surface area contributed by atoms with Crippen LogP contribution in [0.3, 0.4) is 0 Å². The van der Waals surface area contributed by atoms with Crippen LogP contribution < -0.4 is 4.74 Å². The molecule has 0 amide bonds. The molecule has 0 spiro atoms. The normalized spacial score (nSPS) is 10.9. The Morgan fingerprint density at radius 1 is 1.37 bits per heavy atom. The Balaban J connectivity index is 2.36. The molecule has 2 rings (SSSR count). The van der Waals surface area contributed by atoms with Gasteiger partial charge < -0.3 is 4.74 Å². The Morgan fingerprint density at radius 2 is 2.21 bits per heavy atom. The van der Waals surface area contributed by atoms with E-state index in [1.165, 1.54) is 19.2 Å². The third-order valence-electron chi connectivity index (χ3n) is 2.54. The van der Waals surface area contributed by atoms with E-state index in [1.807, 2.05) is 0 Å². The fourth-order valence-corrected chi connectivity index (χ4v) is 1.60. The highest BCUT2D eigenvalue weighted by molar-refractivity contribution is 5.89. The van der Waals surface area contributed by atoms with Crippen molar-refractivity contribution in [2.45, 2.75) is 0 Å². The summed E-state index contributed by atoms with van der Waals surface area (Å²) in [7, 11) is 1.52. The van der Waals surface area contributed by atoms with Crippen LogP contribution in [0.2, 0.25) is 0 Å². The van der Waals surface area contributed by atoms with Gasteiger partial charge in [-0.25, -0.2) is 9.37 Å². The molecule has 0 saturated carbocycles. The van der Waals surface area contributed by atoms with Crippen molar-refractivity contribution in [2.75, 3.05) is 7.11 Å². The quantitative estimate of drug-likeness (QED) is 0.789. The molecule has 3 nitrogen and oxygen atoms in total. The smallest absolute Gasteiger partial charge is 0.212 e. The molecule has 0 aliphatic carbocycles. The molecule has 1 aromatic heterocycles. The summed E-state index contributed by atoms with van der Waals surface area (Å²) in [5.41, 5.74) is 1.71. The van der Waals surface area contributed by atoms with Crippen molar-refractivity contribution in [3.8, 4) is 11.9 Å². The van der Waals surface area contributed by atoms with Crippen molar-refractivity contribution in [3.05, 3.63) is 59.5 Å². The number of nitriles is 1. The minimum absolute atomic E-state index is 0.334. The van der Waals surface area contributed by atoms with Crippen LogP contribution >= 0.6 is 0 Å². The third kappa shape index (κ3) is 3.17. The van der Waals surface area contributed by atoms with Crippen LogP contribution in [0, 0.1) is 17.1 Å². The van der Waals surface area contributed by atoms with E-state index >= 15 is 0 Å². The molecule has 0 atom stereocenters. The van der Waals surface area contributed by atoms with Gasteiger partial charge in [-0.1, -0.05) is 12.1 Å². The second kappa shape index (κ2) is 5.78. The van der Waals surface area contributed by atoms with Gasteiger partial charge >= 0.3 is 0 Å². The van der Waals surface area contributed by atoms with Crippen molar-refractivity contribution in [1.82, 2.24) is 4.98 Å². The zero-order chi connectivity index (χ0) is 13.7. The number of benzene rings is 1. The maximum Gasteiger partial charge on any atom is 0.212 e. The molecule has 94 valence electrons. The summed E-state index contributed by atoms with van der Waals surface area (Å²) in [6.07, 6.45) is 3.17.